The molecule has 76 valence electrons. The van der Waals surface area contributed by atoms with E-state index in [-0.39, 0.29) is 6.04 Å². The van der Waals surface area contributed by atoms with Crippen LogP contribution in [0.25, 0.3) is 0 Å². The molecule has 0 aromatic heterocycles. The van der Waals surface area contributed by atoms with Gasteiger partial charge in [-0.1, -0.05) is 6.08 Å². The topological polar surface area (TPSA) is 55.8 Å². The largest absolute Gasteiger partial charge is 0.464 e. The van der Waals surface area contributed by atoms with Gasteiger partial charge in [0, 0.05) is 0 Å². The first kappa shape index (κ1) is 9.05. The number of amides is 1. The number of carbonyl (C=O) groups is 2. The molecule has 1 fully saturated rings. The number of nitrogens with zero attached hydrogens (tertiary/aromatic N) is 1. The second-order valence-electron chi connectivity index (χ2n) is 3.26. The normalized spacial score (nSPS) is 25.2. The fourth-order valence-corrected chi connectivity index (χ4v) is 1.77. The van der Waals surface area contributed by atoms with Crippen LogP contribution >= 0.6 is 0 Å². The van der Waals surface area contributed by atoms with Crippen molar-refractivity contribution in [1.82, 2.24) is 4.90 Å². The SMILES string of the molecule is COC(=O)C1=CCC[C@H]2COC(=O)N12. The fourth-order valence-electron chi connectivity index (χ4n) is 1.77. The third-order valence-electron chi connectivity index (χ3n) is 2.45. The molecular weight excluding hydrogens is 186 g/mol. The van der Waals surface area contributed by atoms with Gasteiger partial charge in [-0.25, -0.2) is 9.59 Å². The van der Waals surface area contributed by atoms with Crippen LogP contribution in [0.15, 0.2) is 11.8 Å². The van der Waals surface area contributed by atoms with Gasteiger partial charge in [-0.15, -0.1) is 0 Å². The van der Waals surface area contributed by atoms with Crippen molar-refractivity contribution in [3.05, 3.63) is 11.8 Å². The first-order valence-electron chi connectivity index (χ1n) is 4.48. The maximum atomic E-state index is 11.3. The molecule has 0 spiro atoms. The molecule has 0 saturated carbocycles. The van der Waals surface area contributed by atoms with Gasteiger partial charge in [0.25, 0.3) is 0 Å². The Balaban J connectivity index is 2.27. The summed E-state index contributed by atoms with van der Waals surface area (Å²) in [6.07, 6.45) is 2.88. The van der Waals surface area contributed by atoms with Gasteiger partial charge in [0.15, 0.2) is 0 Å². The van der Waals surface area contributed by atoms with Crippen molar-refractivity contribution in [1.29, 1.82) is 0 Å². The van der Waals surface area contributed by atoms with Gasteiger partial charge < -0.3 is 9.47 Å². The number of allylic oxidation sites excluding steroid dienone is 1. The molecule has 0 N–H and O–H groups in total. The second-order valence-corrected chi connectivity index (χ2v) is 3.26. The summed E-state index contributed by atoms with van der Waals surface area (Å²) in [6, 6.07) is 0.00148. The monoisotopic (exact) mass is 197 g/mol. The van der Waals surface area contributed by atoms with E-state index >= 15 is 0 Å². The Morgan fingerprint density at radius 3 is 3.21 bits per heavy atom. The Kier molecular flexibility index (Phi) is 2.15. The zero-order valence-corrected chi connectivity index (χ0v) is 7.86. The van der Waals surface area contributed by atoms with Crippen molar-refractivity contribution in [2.45, 2.75) is 18.9 Å². The summed E-state index contributed by atoms with van der Waals surface area (Å²) in [5.74, 6) is -0.478. The molecule has 2 heterocycles. The van der Waals surface area contributed by atoms with Crippen LogP contribution in [0.5, 0.6) is 0 Å². The number of rotatable bonds is 1. The summed E-state index contributed by atoms with van der Waals surface area (Å²) in [4.78, 5) is 24.0. The molecule has 0 bridgehead atoms. The van der Waals surface area contributed by atoms with Crippen LogP contribution < -0.4 is 0 Å². The van der Waals surface area contributed by atoms with E-state index in [2.05, 4.69) is 4.74 Å². The lowest BCUT2D eigenvalue weighted by Gasteiger charge is -2.25. The van der Waals surface area contributed by atoms with Crippen LogP contribution in [0, 0.1) is 0 Å². The zero-order valence-electron chi connectivity index (χ0n) is 7.86. The van der Waals surface area contributed by atoms with Crippen LogP contribution in [0.3, 0.4) is 0 Å². The highest BCUT2D eigenvalue weighted by Crippen LogP contribution is 2.27. The summed E-state index contributed by atoms with van der Waals surface area (Å²) in [5, 5.41) is 0. The molecule has 2 aliphatic heterocycles. The van der Waals surface area contributed by atoms with Crippen molar-refractivity contribution >= 4 is 12.1 Å². The van der Waals surface area contributed by atoms with E-state index in [0.717, 1.165) is 12.8 Å². The van der Waals surface area contributed by atoms with E-state index in [1.54, 1.807) is 6.08 Å². The third kappa shape index (κ3) is 1.25. The molecular formula is C9H11NO4. The minimum Gasteiger partial charge on any atom is -0.464 e. The number of hydrogen-bond acceptors (Lipinski definition) is 4. The summed E-state index contributed by atoms with van der Waals surface area (Å²) in [7, 11) is 1.30. The van der Waals surface area contributed by atoms with Gasteiger partial charge >= 0.3 is 12.1 Å². The van der Waals surface area contributed by atoms with E-state index in [1.807, 2.05) is 0 Å². The van der Waals surface area contributed by atoms with E-state index in [4.69, 9.17) is 4.74 Å². The van der Waals surface area contributed by atoms with E-state index in [1.165, 1.54) is 12.0 Å². The Bertz CT molecular complexity index is 310. The minimum absolute atomic E-state index is 0.00148. The van der Waals surface area contributed by atoms with E-state index in [0.29, 0.717) is 12.3 Å². The van der Waals surface area contributed by atoms with Crippen LogP contribution in [0.4, 0.5) is 4.79 Å². The van der Waals surface area contributed by atoms with Crippen molar-refractivity contribution < 1.29 is 19.1 Å². The average molecular weight is 197 g/mol. The zero-order chi connectivity index (χ0) is 10.1. The quantitative estimate of drug-likeness (QED) is 0.579. The highest BCUT2D eigenvalue weighted by Gasteiger charge is 2.39. The van der Waals surface area contributed by atoms with Crippen LogP contribution in [-0.4, -0.2) is 36.7 Å². The first-order chi connectivity index (χ1) is 6.74. The first-order valence-corrected chi connectivity index (χ1v) is 4.48. The van der Waals surface area contributed by atoms with Gasteiger partial charge in [-0.3, -0.25) is 4.90 Å². The molecule has 5 nitrogen and oxygen atoms in total. The lowest BCUT2D eigenvalue weighted by molar-refractivity contribution is -0.137. The molecule has 0 aliphatic carbocycles. The Hall–Kier alpha value is -1.52. The minimum atomic E-state index is -0.478. The molecule has 2 rings (SSSR count). The van der Waals surface area contributed by atoms with Crippen LogP contribution in [-0.2, 0) is 14.3 Å². The summed E-state index contributed by atoms with van der Waals surface area (Å²) >= 11 is 0. The number of ether oxygens (including phenoxy) is 2. The molecule has 0 radical (unpaired) electrons. The molecule has 1 saturated heterocycles. The summed E-state index contributed by atoms with van der Waals surface area (Å²) in [6.45, 7) is 0.368. The number of carbonyl (C=O) groups excluding carboxylic acids is 2. The van der Waals surface area contributed by atoms with Gasteiger partial charge in [0.1, 0.15) is 12.3 Å². The Labute approximate surface area is 81.3 Å². The lowest BCUT2D eigenvalue weighted by Crippen LogP contribution is -2.38. The summed E-state index contributed by atoms with van der Waals surface area (Å²) < 4.78 is 9.45. The van der Waals surface area contributed by atoms with Gasteiger partial charge in [-0.05, 0) is 12.8 Å². The molecule has 0 aromatic carbocycles. The van der Waals surface area contributed by atoms with Crippen LogP contribution in [0.1, 0.15) is 12.8 Å². The maximum Gasteiger partial charge on any atom is 0.414 e. The Morgan fingerprint density at radius 1 is 1.71 bits per heavy atom. The molecule has 0 aromatic rings. The van der Waals surface area contributed by atoms with Crippen molar-refractivity contribution in [3.63, 3.8) is 0 Å². The Morgan fingerprint density at radius 2 is 2.50 bits per heavy atom. The van der Waals surface area contributed by atoms with E-state index < -0.39 is 12.1 Å². The number of methoxy groups -OCH3 is 1. The standard InChI is InChI=1S/C9H11NO4/c1-13-8(11)7-4-2-3-6-5-14-9(12)10(6)7/h4,6H,2-3,5H2,1H3/t6-/m0/s1. The van der Waals surface area contributed by atoms with Gasteiger partial charge in [0.05, 0.1) is 13.2 Å². The predicted octanol–water partition coefficient (Wildman–Crippen LogP) is 0.658. The number of cyclic esters (lactones) is 1. The smallest absolute Gasteiger partial charge is 0.414 e. The lowest BCUT2D eigenvalue weighted by atomic mass is 10.1. The van der Waals surface area contributed by atoms with Gasteiger partial charge in [0.2, 0.25) is 0 Å². The van der Waals surface area contributed by atoms with E-state index in [9.17, 15) is 9.59 Å². The molecule has 0 unspecified atom stereocenters. The number of esters is 1. The maximum absolute atomic E-state index is 11.3. The van der Waals surface area contributed by atoms with Crippen molar-refractivity contribution in [3.8, 4) is 0 Å². The highest BCUT2D eigenvalue weighted by atomic mass is 16.6. The molecule has 1 amide bonds. The van der Waals surface area contributed by atoms with Gasteiger partial charge in [-0.2, -0.15) is 0 Å². The number of fused-ring (bicyclic) bond motifs is 1. The second kappa shape index (κ2) is 3.32. The molecule has 2 aliphatic rings. The fraction of sp³-hybridized carbons (Fsp3) is 0.556. The molecule has 14 heavy (non-hydrogen) atoms. The average Bonchev–Trinajstić information content (AvgIpc) is 2.59. The summed E-state index contributed by atoms with van der Waals surface area (Å²) in [5.41, 5.74) is 0.311. The predicted molar refractivity (Wildman–Crippen MR) is 46.3 cm³/mol. The third-order valence-corrected chi connectivity index (χ3v) is 2.45. The van der Waals surface area contributed by atoms with Crippen LogP contribution in [0.2, 0.25) is 0 Å². The van der Waals surface area contributed by atoms with Crippen molar-refractivity contribution in [2.75, 3.05) is 13.7 Å². The molecule has 1 atom stereocenters. The van der Waals surface area contributed by atoms with Crippen molar-refractivity contribution in [2.24, 2.45) is 0 Å². The highest BCUT2D eigenvalue weighted by molar-refractivity contribution is 5.93. The molecule has 5 heteroatoms. The number of hydrogen-bond donors (Lipinski definition) is 0.